The maximum atomic E-state index is 12.4. The van der Waals surface area contributed by atoms with Crippen molar-refractivity contribution >= 4 is 11.6 Å². The maximum Gasteiger partial charge on any atom is 0.231 e. The SMILES string of the molecule is CC1CNCC1C(=O)N(C)c1ccccc1C#N. The van der Waals surface area contributed by atoms with Crippen molar-refractivity contribution in [2.24, 2.45) is 11.8 Å². The summed E-state index contributed by atoms with van der Waals surface area (Å²) in [5.74, 6) is 0.422. The number of nitrogens with one attached hydrogen (secondary N) is 1. The molecular weight excluding hydrogens is 226 g/mol. The van der Waals surface area contributed by atoms with Crippen molar-refractivity contribution in [3.63, 3.8) is 0 Å². The third kappa shape index (κ3) is 2.22. The minimum absolute atomic E-state index is 0.00162. The van der Waals surface area contributed by atoms with E-state index in [2.05, 4.69) is 18.3 Å². The fraction of sp³-hybridized carbons (Fsp3) is 0.429. The summed E-state index contributed by atoms with van der Waals surface area (Å²) >= 11 is 0. The Labute approximate surface area is 107 Å². The van der Waals surface area contributed by atoms with Gasteiger partial charge in [-0.15, -0.1) is 0 Å². The first kappa shape index (κ1) is 12.6. The molecule has 1 fully saturated rings. The lowest BCUT2D eigenvalue weighted by Crippen LogP contribution is -2.36. The van der Waals surface area contributed by atoms with Crippen molar-refractivity contribution in [2.75, 3.05) is 25.0 Å². The quantitative estimate of drug-likeness (QED) is 0.853. The van der Waals surface area contributed by atoms with Gasteiger partial charge in [0.1, 0.15) is 6.07 Å². The molecule has 94 valence electrons. The van der Waals surface area contributed by atoms with Gasteiger partial charge in [0.25, 0.3) is 0 Å². The molecule has 1 aliphatic rings. The monoisotopic (exact) mass is 243 g/mol. The van der Waals surface area contributed by atoms with Crippen LogP contribution in [0.3, 0.4) is 0 Å². The van der Waals surface area contributed by atoms with Crippen LogP contribution in [0.5, 0.6) is 0 Å². The van der Waals surface area contributed by atoms with Crippen molar-refractivity contribution in [1.29, 1.82) is 5.26 Å². The molecule has 4 nitrogen and oxygen atoms in total. The van der Waals surface area contributed by atoms with Crippen LogP contribution < -0.4 is 10.2 Å². The molecule has 0 bridgehead atoms. The average molecular weight is 243 g/mol. The number of hydrogen-bond donors (Lipinski definition) is 1. The highest BCUT2D eigenvalue weighted by Crippen LogP contribution is 2.24. The number of benzene rings is 1. The van der Waals surface area contributed by atoms with Crippen molar-refractivity contribution in [3.05, 3.63) is 29.8 Å². The fourth-order valence-corrected chi connectivity index (χ4v) is 2.37. The van der Waals surface area contributed by atoms with Gasteiger partial charge >= 0.3 is 0 Å². The Bertz CT molecular complexity index is 492. The summed E-state index contributed by atoms with van der Waals surface area (Å²) in [6.07, 6.45) is 0. The van der Waals surface area contributed by atoms with Crippen molar-refractivity contribution in [2.45, 2.75) is 6.92 Å². The minimum Gasteiger partial charge on any atom is -0.316 e. The predicted molar refractivity (Wildman–Crippen MR) is 70.1 cm³/mol. The molecule has 0 saturated carbocycles. The van der Waals surface area contributed by atoms with Gasteiger partial charge in [0.15, 0.2) is 0 Å². The summed E-state index contributed by atoms with van der Waals surface area (Å²) in [5.41, 5.74) is 1.22. The normalized spacial score (nSPS) is 22.5. The number of hydrogen-bond acceptors (Lipinski definition) is 3. The molecule has 0 aromatic heterocycles. The van der Waals surface area contributed by atoms with E-state index in [1.165, 1.54) is 0 Å². The molecule has 1 aliphatic heterocycles. The minimum atomic E-state index is 0.00162. The summed E-state index contributed by atoms with van der Waals surface area (Å²) < 4.78 is 0. The number of nitrogens with zero attached hydrogens (tertiary/aromatic N) is 2. The number of rotatable bonds is 2. The molecule has 0 spiro atoms. The van der Waals surface area contributed by atoms with Crippen LogP contribution in [0.1, 0.15) is 12.5 Å². The third-order valence-electron chi connectivity index (χ3n) is 3.55. The van der Waals surface area contributed by atoms with E-state index in [1.807, 2.05) is 12.1 Å². The molecule has 18 heavy (non-hydrogen) atoms. The van der Waals surface area contributed by atoms with Crippen LogP contribution in [0.25, 0.3) is 0 Å². The second kappa shape index (κ2) is 5.19. The Morgan fingerprint density at radius 1 is 1.44 bits per heavy atom. The summed E-state index contributed by atoms with van der Waals surface area (Å²) in [6.45, 7) is 3.68. The van der Waals surface area contributed by atoms with Crippen LogP contribution in [0, 0.1) is 23.2 Å². The van der Waals surface area contributed by atoms with Crippen LogP contribution in [0.4, 0.5) is 5.69 Å². The van der Waals surface area contributed by atoms with E-state index in [0.717, 1.165) is 13.1 Å². The van der Waals surface area contributed by atoms with Crippen LogP contribution in [0.15, 0.2) is 24.3 Å². The summed E-state index contributed by atoms with van der Waals surface area (Å²) in [4.78, 5) is 14.0. The van der Waals surface area contributed by atoms with Crippen LogP contribution >= 0.6 is 0 Å². The second-order valence-corrected chi connectivity index (χ2v) is 4.77. The van der Waals surface area contributed by atoms with Gasteiger partial charge in [0.05, 0.1) is 17.2 Å². The molecule has 1 aromatic carbocycles. The molecule has 0 radical (unpaired) electrons. The lowest BCUT2D eigenvalue weighted by molar-refractivity contribution is -0.122. The average Bonchev–Trinajstić information content (AvgIpc) is 2.83. The standard InChI is InChI=1S/C14H17N3O/c1-10-8-16-9-12(10)14(18)17(2)13-6-4-3-5-11(13)7-15/h3-6,10,12,16H,8-9H2,1-2H3. The van der Waals surface area contributed by atoms with Gasteiger partial charge in [-0.05, 0) is 24.6 Å². The van der Waals surface area contributed by atoms with Crippen LogP contribution in [0.2, 0.25) is 0 Å². The highest BCUT2D eigenvalue weighted by molar-refractivity contribution is 5.96. The first-order valence-electron chi connectivity index (χ1n) is 6.12. The summed E-state index contributed by atoms with van der Waals surface area (Å²) in [5, 5.41) is 12.3. The zero-order valence-corrected chi connectivity index (χ0v) is 10.7. The van der Waals surface area contributed by atoms with Gasteiger partial charge in [-0.1, -0.05) is 19.1 Å². The van der Waals surface area contributed by atoms with E-state index in [0.29, 0.717) is 17.2 Å². The van der Waals surface area contributed by atoms with Gasteiger partial charge in [0, 0.05) is 13.6 Å². The number of para-hydroxylation sites is 1. The molecule has 1 saturated heterocycles. The molecule has 1 heterocycles. The van der Waals surface area contributed by atoms with Crippen molar-refractivity contribution in [3.8, 4) is 6.07 Å². The molecule has 1 N–H and O–H groups in total. The zero-order valence-electron chi connectivity index (χ0n) is 10.7. The topological polar surface area (TPSA) is 56.1 Å². The Morgan fingerprint density at radius 3 is 2.78 bits per heavy atom. The summed E-state index contributed by atoms with van der Waals surface area (Å²) in [6, 6.07) is 9.31. The number of nitriles is 1. The molecule has 1 aromatic rings. The first-order valence-corrected chi connectivity index (χ1v) is 6.12. The number of amides is 1. The highest BCUT2D eigenvalue weighted by Gasteiger charge is 2.32. The lowest BCUT2D eigenvalue weighted by Gasteiger charge is -2.23. The fourth-order valence-electron chi connectivity index (χ4n) is 2.37. The van der Waals surface area contributed by atoms with E-state index in [1.54, 1.807) is 24.1 Å². The van der Waals surface area contributed by atoms with Gasteiger partial charge < -0.3 is 10.2 Å². The third-order valence-corrected chi connectivity index (χ3v) is 3.55. The van der Waals surface area contributed by atoms with E-state index in [-0.39, 0.29) is 11.8 Å². The Kier molecular flexibility index (Phi) is 3.63. The van der Waals surface area contributed by atoms with Crippen LogP contribution in [-0.2, 0) is 4.79 Å². The second-order valence-electron chi connectivity index (χ2n) is 4.77. The van der Waals surface area contributed by atoms with E-state index in [4.69, 9.17) is 5.26 Å². The van der Waals surface area contributed by atoms with E-state index in [9.17, 15) is 4.79 Å². The molecule has 2 atom stereocenters. The summed E-state index contributed by atoms with van der Waals surface area (Å²) in [7, 11) is 1.74. The lowest BCUT2D eigenvalue weighted by atomic mass is 9.96. The van der Waals surface area contributed by atoms with E-state index < -0.39 is 0 Å². The van der Waals surface area contributed by atoms with Gasteiger partial charge in [-0.3, -0.25) is 4.79 Å². The number of carbonyl (C=O) groups is 1. The van der Waals surface area contributed by atoms with Crippen molar-refractivity contribution in [1.82, 2.24) is 5.32 Å². The van der Waals surface area contributed by atoms with E-state index >= 15 is 0 Å². The highest BCUT2D eigenvalue weighted by atomic mass is 16.2. The molecule has 2 unspecified atom stereocenters. The Morgan fingerprint density at radius 2 is 2.17 bits per heavy atom. The molecular formula is C14H17N3O. The van der Waals surface area contributed by atoms with Gasteiger partial charge in [-0.2, -0.15) is 5.26 Å². The van der Waals surface area contributed by atoms with Crippen LogP contribution in [-0.4, -0.2) is 26.0 Å². The first-order chi connectivity index (χ1) is 8.65. The zero-order chi connectivity index (χ0) is 13.1. The molecule has 2 rings (SSSR count). The molecule has 0 aliphatic carbocycles. The Hall–Kier alpha value is -1.86. The number of anilines is 1. The van der Waals surface area contributed by atoms with Gasteiger partial charge in [0.2, 0.25) is 5.91 Å². The number of carbonyl (C=O) groups excluding carboxylic acids is 1. The Balaban J connectivity index is 2.23. The largest absolute Gasteiger partial charge is 0.316 e. The van der Waals surface area contributed by atoms with Gasteiger partial charge in [-0.25, -0.2) is 0 Å². The molecule has 4 heteroatoms. The maximum absolute atomic E-state index is 12.4. The smallest absolute Gasteiger partial charge is 0.231 e. The van der Waals surface area contributed by atoms with Crippen molar-refractivity contribution < 1.29 is 4.79 Å². The predicted octanol–water partition coefficient (Wildman–Crippen LogP) is 1.38. The molecule has 1 amide bonds.